The van der Waals surface area contributed by atoms with Crippen LogP contribution < -0.4 is 5.32 Å². The van der Waals surface area contributed by atoms with Crippen LogP contribution in [0.1, 0.15) is 26.7 Å². The summed E-state index contributed by atoms with van der Waals surface area (Å²) in [6, 6.07) is -0.561. The molecule has 0 aliphatic heterocycles. The van der Waals surface area contributed by atoms with Crippen LogP contribution in [0.2, 0.25) is 0 Å². The molecular formula is C17H25NO5. The van der Waals surface area contributed by atoms with Crippen LogP contribution in [0, 0.1) is 22.7 Å². The zero-order chi connectivity index (χ0) is 17.4. The Labute approximate surface area is 135 Å². The minimum absolute atomic E-state index is 0.0653. The summed E-state index contributed by atoms with van der Waals surface area (Å²) in [5.74, 6) is -2.41. The van der Waals surface area contributed by atoms with Crippen molar-refractivity contribution in [1.29, 1.82) is 0 Å². The van der Waals surface area contributed by atoms with E-state index in [0.29, 0.717) is 12.8 Å². The van der Waals surface area contributed by atoms with Crippen LogP contribution in [0.25, 0.3) is 0 Å². The second-order valence-corrected chi connectivity index (χ2v) is 7.35. The maximum Gasteiger partial charge on any atom is 0.309 e. The number of aliphatic hydroxyl groups excluding tert-OH is 2. The third-order valence-corrected chi connectivity index (χ3v) is 5.23. The molecule has 2 rings (SSSR count). The first-order valence-corrected chi connectivity index (χ1v) is 7.81. The predicted molar refractivity (Wildman–Crippen MR) is 84.4 cm³/mol. The first kappa shape index (κ1) is 17.7. The van der Waals surface area contributed by atoms with E-state index in [4.69, 9.17) is 0 Å². The number of allylic oxidation sites excluding steroid dienone is 2. The second kappa shape index (κ2) is 6.09. The molecule has 23 heavy (non-hydrogen) atoms. The lowest BCUT2D eigenvalue weighted by atomic mass is 9.73. The van der Waals surface area contributed by atoms with Gasteiger partial charge in [0.2, 0.25) is 5.91 Å². The molecule has 0 heterocycles. The molecule has 0 radical (unpaired) electrons. The Morgan fingerprint density at radius 1 is 1.52 bits per heavy atom. The van der Waals surface area contributed by atoms with Crippen LogP contribution in [0.15, 0.2) is 24.8 Å². The average molecular weight is 323 g/mol. The number of aliphatic hydroxyl groups is 2. The number of carboxylic acids is 1. The van der Waals surface area contributed by atoms with Gasteiger partial charge in [-0.3, -0.25) is 9.59 Å². The van der Waals surface area contributed by atoms with Crippen LogP contribution in [-0.2, 0) is 9.59 Å². The van der Waals surface area contributed by atoms with Gasteiger partial charge in [-0.1, -0.05) is 32.1 Å². The predicted octanol–water partition coefficient (Wildman–Crippen LogP) is 0.704. The number of amides is 1. The summed E-state index contributed by atoms with van der Waals surface area (Å²) in [6.07, 6.45) is 5.36. The van der Waals surface area contributed by atoms with Gasteiger partial charge in [-0.25, -0.2) is 0 Å². The fourth-order valence-corrected chi connectivity index (χ4v) is 3.79. The van der Waals surface area contributed by atoms with Gasteiger partial charge in [0.25, 0.3) is 0 Å². The van der Waals surface area contributed by atoms with Crippen LogP contribution >= 0.6 is 0 Å². The van der Waals surface area contributed by atoms with Crippen LogP contribution in [0.5, 0.6) is 0 Å². The molecule has 0 saturated heterocycles. The maximum atomic E-state index is 12.3. The van der Waals surface area contributed by atoms with Crippen molar-refractivity contribution in [3.8, 4) is 0 Å². The molecule has 0 aromatic carbocycles. The topological polar surface area (TPSA) is 107 Å². The summed E-state index contributed by atoms with van der Waals surface area (Å²) >= 11 is 0. The Morgan fingerprint density at radius 2 is 2.17 bits per heavy atom. The lowest BCUT2D eigenvalue weighted by molar-refractivity contribution is -0.147. The number of rotatable bonds is 7. The smallest absolute Gasteiger partial charge is 0.309 e. The average Bonchev–Trinajstić information content (AvgIpc) is 3.02. The van der Waals surface area contributed by atoms with Gasteiger partial charge in [0.05, 0.1) is 12.5 Å². The van der Waals surface area contributed by atoms with Crippen LogP contribution in [-0.4, -0.2) is 45.9 Å². The van der Waals surface area contributed by atoms with E-state index in [9.17, 15) is 24.9 Å². The van der Waals surface area contributed by atoms with Crippen molar-refractivity contribution in [2.45, 2.75) is 38.8 Å². The van der Waals surface area contributed by atoms with Gasteiger partial charge >= 0.3 is 5.97 Å². The Kier molecular flexibility index (Phi) is 4.69. The van der Waals surface area contributed by atoms with Gasteiger partial charge in [0.1, 0.15) is 6.10 Å². The largest absolute Gasteiger partial charge is 0.481 e. The minimum Gasteiger partial charge on any atom is -0.481 e. The number of carboxylic acid groups (broad SMARTS) is 1. The van der Waals surface area contributed by atoms with Gasteiger partial charge in [-0.15, -0.1) is 6.58 Å². The molecule has 0 spiro atoms. The standard InChI is InChI=1S/C17H25NO5/c1-4-6-17-7-5-10(8-17)12(11(17)15(22)23)18-14(21)13(20)16(2,3)9-19/h4-5,7,10-13,19-20H,1,6,8-9H2,2-3H3,(H,18,21)(H,22,23)/t10-,11-,12-,13?,17+/m1/s1. The van der Waals surface area contributed by atoms with Crippen molar-refractivity contribution < 1.29 is 24.9 Å². The van der Waals surface area contributed by atoms with E-state index in [1.807, 2.05) is 12.2 Å². The first-order valence-electron chi connectivity index (χ1n) is 7.81. The summed E-state index contributed by atoms with van der Waals surface area (Å²) < 4.78 is 0. The van der Waals surface area contributed by atoms with Crippen LogP contribution in [0.4, 0.5) is 0 Å². The summed E-state index contributed by atoms with van der Waals surface area (Å²) in [5, 5.41) is 31.7. The molecule has 2 aliphatic carbocycles. The normalized spacial score (nSPS) is 33.5. The number of fused-ring (bicyclic) bond motifs is 2. The summed E-state index contributed by atoms with van der Waals surface area (Å²) in [7, 11) is 0. The van der Waals surface area contributed by atoms with Crippen molar-refractivity contribution in [3.63, 3.8) is 0 Å². The SMILES string of the molecule is C=CC[C@]12C=C[C@H](C1)[C@@H](NC(=O)C(O)C(C)(C)CO)[C@@H]2C(=O)O. The van der Waals surface area contributed by atoms with Crippen molar-refractivity contribution in [3.05, 3.63) is 24.8 Å². The number of nitrogens with one attached hydrogen (secondary N) is 1. The van der Waals surface area contributed by atoms with Gasteiger partial charge in [0.15, 0.2) is 0 Å². The van der Waals surface area contributed by atoms with Gasteiger partial charge in [-0.05, 0) is 18.8 Å². The highest BCUT2D eigenvalue weighted by Crippen LogP contribution is 2.55. The molecule has 2 aliphatic rings. The molecule has 5 atom stereocenters. The monoisotopic (exact) mass is 323 g/mol. The summed E-state index contributed by atoms with van der Waals surface area (Å²) in [4.78, 5) is 24.1. The quantitative estimate of drug-likeness (QED) is 0.516. The van der Waals surface area contributed by atoms with Gasteiger partial charge < -0.3 is 20.6 Å². The molecule has 2 bridgehead atoms. The molecule has 6 nitrogen and oxygen atoms in total. The Bertz CT molecular complexity index is 541. The number of hydrogen-bond acceptors (Lipinski definition) is 4. The Hall–Kier alpha value is -1.66. The number of carbonyl (C=O) groups excluding carboxylic acids is 1. The first-order chi connectivity index (χ1) is 10.7. The maximum absolute atomic E-state index is 12.3. The van der Waals surface area contributed by atoms with Crippen molar-refractivity contribution in [1.82, 2.24) is 5.32 Å². The second-order valence-electron chi connectivity index (χ2n) is 7.35. The highest BCUT2D eigenvalue weighted by atomic mass is 16.4. The molecule has 1 saturated carbocycles. The molecule has 0 aromatic heterocycles. The van der Waals surface area contributed by atoms with E-state index < -0.39 is 40.8 Å². The fourth-order valence-electron chi connectivity index (χ4n) is 3.79. The van der Waals surface area contributed by atoms with Crippen molar-refractivity contribution >= 4 is 11.9 Å². The number of hydrogen-bond donors (Lipinski definition) is 4. The lowest BCUT2D eigenvalue weighted by Gasteiger charge is -2.35. The zero-order valence-electron chi connectivity index (χ0n) is 13.5. The summed E-state index contributed by atoms with van der Waals surface area (Å²) in [5.41, 5.74) is -1.51. The van der Waals surface area contributed by atoms with Crippen LogP contribution in [0.3, 0.4) is 0 Å². The highest BCUT2D eigenvalue weighted by Gasteiger charge is 2.58. The van der Waals surface area contributed by atoms with E-state index in [0.717, 1.165) is 0 Å². The van der Waals surface area contributed by atoms with E-state index in [-0.39, 0.29) is 12.5 Å². The summed E-state index contributed by atoms with van der Waals surface area (Å²) in [6.45, 7) is 6.51. The molecule has 6 heteroatoms. The van der Waals surface area contributed by atoms with E-state index in [2.05, 4.69) is 11.9 Å². The van der Waals surface area contributed by atoms with Gasteiger partial charge in [-0.2, -0.15) is 0 Å². The molecule has 1 fully saturated rings. The van der Waals surface area contributed by atoms with Crippen molar-refractivity contribution in [2.75, 3.05) is 6.61 Å². The molecule has 1 unspecified atom stereocenters. The zero-order valence-corrected chi connectivity index (χ0v) is 13.5. The highest BCUT2D eigenvalue weighted by molar-refractivity contribution is 5.83. The molecule has 1 amide bonds. The van der Waals surface area contributed by atoms with E-state index in [1.165, 1.54) is 0 Å². The Morgan fingerprint density at radius 3 is 2.70 bits per heavy atom. The molecular weight excluding hydrogens is 298 g/mol. The number of carbonyl (C=O) groups is 2. The number of aliphatic carboxylic acids is 1. The minimum atomic E-state index is -1.40. The third-order valence-electron chi connectivity index (χ3n) is 5.23. The fraction of sp³-hybridized carbons (Fsp3) is 0.647. The molecule has 128 valence electrons. The Balaban J connectivity index is 2.20. The molecule has 0 aromatic rings. The van der Waals surface area contributed by atoms with E-state index in [1.54, 1.807) is 19.9 Å². The lowest BCUT2D eigenvalue weighted by Crippen LogP contribution is -2.53. The van der Waals surface area contributed by atoms with Gasteiger partial charge in [0, 0.05) is 16.9 Å². The molecule has 4 N–H and O–H groups in total. The van der Waals surface area contributed by atoms with Crippen molar-refractivity contribution in [2.24, 2.45) is 22.7 Å². The van der Waals surface area contributed by atoms with E-state index >= 15 is 0 Å². The third kappa shape index (κ3) is 2.93.